The first-order valence-electron chi connectivity index (χ1n) is 4.80. The molecule has 0 saturated carbocycles. The number of rotatable bonds is 3. The quantitative estimate of drug-likeness (QED) is 0.624. The Hall–Kier alpha value is -1.73. The summed E-state index contributed by atoms with van der Waals surface area (Å²) in [5, 5.41) is 0. The van der Waals surface area contributed by atoms with Crippen molar-refractivity contribution in [1.82, 2.24) is 4.98 Å². The number of pyridine rings is 1. The monoisotopic (exact) mass is 269 g/mol. The van der Waals surface area contributed by atoms with Crippen molar-refractivity contribution in [1.29, 1.82) is 0 Å². The minimum atomic E-state index is -5.11. The molecule has 0 amide bonds. The van der Waals surface area contributed by atoms with Crippen LogP contribution in [-0.4, -0.2) is 17.6 Å². The zero-order chi connectivity index (χ0) is 13.9. The van der Waals surface area contributed by atoms with Crippen LogP contribution in [0, 0.1) is 0 Å². The fraction of sp³-hybridized carbons (Fsp3) is 0.400. The number of aromatic nitrogens is 1. The third kappa shape index (κ3) is 2.93. The molecule has 0 radical (unpaired) electrons. The largest absolute Gasteiger partial charge is 0.462 e. The average Bonchev–Trinajstić information content (AvgIpc) is 2.27. The van der Waals surface area contributed by atoms with Gasteiger partial charge in [-0.15, -0.1) is 0 Å². The molecule has 1 heterocycles. The lowest BCUT2D eigenvalue weighted by molar-refractivity contribution is -0.140. The summed E-state index contributed by atoms with van der Waals surface area (Å²) < 4.78 is 67.4. The number of nitrogens with zero attached hydrogens (tertiary/aromatic N) is 1. The number of alkyl halides is 5. The second kappa shape index (κ2) is 5.28. The molecule has 8 heteroatoms. The Morgan fingerprint density at radius 1 is 1.44 bits per heavy atom. The number of hydrogen-bond acceptors (Lipinski definition) is 3. The zero-order valence-corrected chi connectivity index (χ0v) is 9.09. The molecule has 0 aromatic carbocycles. The van der Waals surface area contributed by atoms with E-state index in [-0.39, 0.29) is 6.61 Å². The first kappa shape index (κ1) is 14.3. The topological polar surface area (TPSA) is 39.2 Å². The van der Waals surface area contributed by atoms with Crippen molar-refractivity contribution in [2.24, 2.45) is 0 Å². The minimum absolute atomic E-state index is 0.164. The molecule has 18 heavy (non-hydrogen) atoms. The lowest BCUT2D eigenvalue weighted by Gasteiger charge is -2.15. The normalized spacial score (nSPS) is 11.7. The van der Waals surface area contributed by atoms with Crippen molar-refractivity contribution in [3.05, 3.63) is 29.1 Å². The standard InChI is InChI=1S/C10H8F5NO2/c1-2-18-9(17)5-3-4-16-7(8(11)12)6(5)10(13,14)15/h3-4,8H,2H2,1H3. The minimum Gasteiger partial charge on any atom is -0.462 e. The van der Waals surface area contributed by atoms with Crippen molar-refractivity contribution >= 4 is 5.97 Å². The molecular formula is C10H8F5NO2. The summed E-state index contributed by atoms with van der Waals surface area (Å²) in [6, 6.07) is 0.701. The van der Waals surface area contributed by atoms with Crippen LogP contribution < -0.4 is 0 Å². The van der Waals surface area contributed by atoms with Gasteiger partial charge >= 0.3 is 12.1 Å². The fourth-order valence-corrected chi connectivity index (χ4v) is 1.32. The molecule has 0 atom stereocenters. The van der Waals surface area contributed by atoms with Gasteiger partial charge in [0.25, 0.3) is 6.43 Å². The van der Waals surface area contributed by atoms with Gasteiger partial charge in [-0.3, -0.25) is 4.98 Å². The summed E-state index contributed by atoms with van der Waals surface area (Å²) in [5.41, 5.74) is -4.19. The maximum atomic E-state index is 12.7. The van der Waals surface area contributed by atoms with Crippen LogP contribution >= 0.6 is 0 Å². The van der Waals surface area contributed by atoms with E-state index in [0.29, 0.717) is 12.3 Å². The predicted molar refractivity (Wildman–Crippen MR) is 50.2 cm³/mol. The number of hydrogen-bond donors (Lipinski definition) is 0. The number of esters is 1. The number of carbonyl (C=O) groups is 1. The van der Waals surface area contributed by atoms with Crippen LogP contribution in [0.4, 0.5) is 22.0 Å². The number of ether oxygens (including phenoxy) is 1. The summed E-state index contributed by atoms with van der Waals surface area (Å²) >= 11 is 0. The molecule has 0 aliphatic carbocycles. The van der Waals surface area contributed by atoms with Crippen molar-refractivity contribution in [3.8, 4) is 0 Å². The second-order valence-corrected chi connectivity index (χ2v) is 3.14. The highest BCUT2D eigenvalue weighted by molar-refractivity contribution is 5.91. The highest BCUT2D eigenvalue weighted by Crippen LogP contribution is 2.37. The Morgan fingerprint density at radius 3 is 2.50 bits per heavy atom. The lowest BCUT2D eigenvalue weighted by Crippen LogP contribution is -2.19. The molecule has 0 spiro atoms. The zero-order valence-electron chi connectivity index (χ0n) is 9.09. The third-order valence-electron chi connectivity index (χ3n) is 1.97. The summed E-state index contributed by atoms with van der Waals surface area (Å²) in [4.78, 5) is 14.3. The Bertz CT molecular complexity index is 444. The average molecular weight is 269 g/mol. The van der Waals surface area contributed by atoms with E-state index in [0.717, 1.165) is 0 Å². The van der Waals surface area contributed by atoms with Gasteiger partial charge in [-0.2, -0.15) is 13.2 Å². The smallest absolute Gasteiger partial charge is 0.419 e. The second-order valence-electron chi connectivity index (χ2n) is 3.14. The van der Waals surface area contributed by atoms with E-state index >= 15 is 0 Å². The van der Waals surface area contributed by atoms with Gasteiger partial charge in [0.1, 0.15) is 5.69 Å². The summed E-state index contributed by atoms with van der Waals surface area (Å²) in [6.07, 6.45) is -7.83. The number of halogens is 5. The van der Waals surface area contributed by atoms with Crippen LogP contribution in [0.5, 0.6) is 0 Å². The van der Waals surface area contributed by atoms with Crippen LogP contribution in [0.2, 0.25) is 0 Å². The van der Waals surface area contributed by atoms with Crippen molar-refractivity contribution < 1.29 is 31.5 Å². The van der Waals surface area contributed by atoms with E-state index in [9.17, 15) is 26.7 Å². The first-order valence-corrected chi connectivity index (χ1v) is 4.80. The van der Waals surface area contributed by atoms with E-state index in [4.69, 9.17) is 0 Å². The van der Waals surface area contributed by atoms with Crippen molar-refractivity contribution in [2.75, 3.05) is 6.61 Å². The van der Waals surface area contributed by atoms with Gasteiger partial charge in [0.05, 0.1) is 17.7 Å². The molecule has 1 rings (SSSR count). The van der Waals surface area contributed by atoms with Crippen molar-refractivity contribution in [3.63, 3.8) is 0 Å². The maximum Gasteiger partial charge on any atom is 0.419 e. The van der Waals surface area contributed by atoms with Gasteiger partial charge in [0.2, 0.25) is 0 Å². The molecule has 0 saturated heterocycles. The Labute approximate surface area is 98.6 Å². The molecule has 0 aliphatic heterocycles. The van der Waals surface area contributed by atoms with Crippen LogP contribution in [0.3, 0.4) is 0 Å². The van der Waals surface area contributed by atoms with Crippen LogP contribution in [-0.2, 0) is 10.9 Å². The molecule has 0 bridgehead atoms. The van der Waals surface area contributed by atoms with Gasteiger partial charge in [-0.1, -0.05) is 0 Å². The highest BCUT2D eigenvalue weighted by atomic mass is 19.4. The molecule has 0 N–H and O–H groups in total. The molecule has 0 unspecified atom stereocenters. The maximum absolute atomic E-state index is 12.7. The van der Waals surface area contributed by atoms with Gasteiger partial charge in [0, 0.05) is 6.20 Å². The van der Waals surface area contributed by atoms with Crippen molar-refractivity contribution in [2.45, 2.75) is 19.5 Å². The first-order chi connectivity index (χ1) is 8.29. The van der Waals surface area contributed by atoms with Gasteiger partial charge in [-0.25, -0.2) is 13.6 Å². The molecule has 0 fully saturated rings. The predicted octanol–water partition coefficient (Wildman–Crippen LogP) is 3.21. The van der Waals surface area contributed by atoms with E-state index in [1.807, 2.05) is 0 Å². The molecule has 0 aliphatic rings. The summed E-state index contributed by atoms with van der Waals surface area (Å²) in [6.45, 7) is 1.23. The van der Waals surface area contributed by atoms with Gasteiger partial charge in [-0.05, 0) is 13.0 Å². The van der Waals surface area contributed by atoms with Crippen LogP contribution in [0.25, 0.3) is 0 Å². The molecule has 1 aromatic heterocycles. The Kier molecular flexibility index (Phi) is 4.20. The van der Waals surface area contributed by atoms with E-state index < -0.39 is 35.4 Å². The van der Waals surface area contributed by atoms with E-state index in [2.05, 4.69) is 9.72 Å². The van der Waals surface area contributed by atoms with Gasteiger partial charge < -0.3 is 4.74 Å². The number of carbonyl (C=O) groups excluding carboxylic acids is 1. The molecule has 1 aromatic rings. The molecular weight excluding hydrogens is 261 g/mol. The van der Waals surface area contributed by atoms with Crippen LogP contribution in [0.1, 0.15) is 35.0 Å². The Morgan fingerprint density at radius 2 is 2.06 bits per heavy atom. The molecule has 100 valence electrons. The highest BCUT2D eigenvalue weighted by Gasteiger charge is 2.41. The summed E-state index contributed by atoms with van der Waals surface area (Å²) in [5.74, 6) is -1.31. The van der Waals surface area contributed by atoms with E-state index in [1.165, 1.54) is 6.92 Å². The Balaban J connectivity index is 3.43. The third-order valence-corrected chi connectivity index (χ3v) is 1.97. The SMILES string of the molecule is CCOC(=O)c1ccnc(C(F)F)c1C(F)(F)F. The van der Waals surface area contributed by atoms with Gasteiger partial charge in [0.15, 0.2) is 0 Å². The summed E-state index contributed by atoms with van der Waals surface area (Å²) in [7, 11) is 0. The van der Waals surface area contributed by atoms with E-state index in [1.54, 1.807) is 0 Å². The lowest BCUT2D eigenvalue weighted by atomic mass is 10.1. The molecule has 3 nitrogen and oxygen atoms in total. The van der Waals surface area contributed by atoms with Crippen LogP contribution in [0.15, 0.2) is 12.3 Å². The fourth-order valence-electron chi connectivity index (χ4n) is 1.32.